The summed E-state index contributed by atoms with van der Waals surface area (Å²) in [5, 5.41) is 14.9. The minimum atomic E-state index is -0.373. The molecule has 1 N–H and O–H groups in total. The summed E-state index contributed by atoms with van der Waals surface area (Å²) in [6.45, 7) is 0.359. The van der Waals surface area contributed by atoms with Gasteiger partial charge in [0.15, 0.2) is 0 Å². The van der Waals surface area contributed by atoms with Gasteiger partial charge in [-0.05, 0) is 12.1 Å². The Balaban J connectivity index is 2.25. The highest BCUT2D eigenvalue weighted by Crippen LogP contribution is 2.33. The molecule has 0 aliphatic rings. The van der Waals surface area contributed by atoms with Crippen LogP contribution in [-0.2, 0) is 6.54 Å². The molecule has 21 heavy (non-hydrogen) atoms. The average molecular weight is 306 g/mol. The van der Waals surface area contributed by atoms with Crippen LogP contribution in [0.5, 0.6) is 0 Å². The molecule has 6 heteroatoms. The van der Waals surface area contributed by atoms with Crippen molar-refractivity contribution in [1.82, 2.24) is 0 Å². The molecule has 0 saturated carbocycles. The number of nitro benzene ring substituents is 1. The highest BCUT2D eigenvalue weighted by Gasteiger charge is 2.13. The van der Waals surface area contributed by atoms with Gasteiger partial charge >= 0.3 is 0 Å². The van der Waals surface area contributed by atoms with Crippen LogP contribution in [0, 0.1) is 10.1 Å². The van der Waals surface area contributed by atoms with E-state index in [-0.39, 0.29) is 10.6 Å². The van der Waals surface area contributed by atoms with E-state index in [2.05, 4.69) is 5.32 Å². The first kappa shape index (κ1) is 15.1. The zero-order valence-electron chi connectivity index (χ0n) is 11.8. The lowest BCUT2D eigenvalue weighted by atomic mass is 10.1. The second-order valence-electron chi connectivity index (χ2n) is 4.77. The number of benzene rings is 2. The number of rotatable bonds is 5. The lowest BCUT2D eigenvalue weighted by Crippen LogP contribution is -2.13. The molecule has 2 aromatic carbocycles. The Labute approximate surface area is 128 Å². The van der Waals surface area contributed by atoms with Gasteiger partial charge in [0, 0.05) is 32.3 Å². The predicted octanol–water partition coefficient (Wildman–Crippen LogP) is 3.93. The number of para-hydroxylation sites is 2. The van der Waals surface area contributed by atoms with Gasteiger partial charge in [0.1, 0.15) is 0 Å². The standard InChI is InChI=1S/C15H16ClN3O2/c1-18(2)15-12(16)7-5-8-13(15)17-10-11-6-3-4-9-14(11)19(20)21/h3-9,17H,10H2,1-2H3. The van der Waals surface area contributed by atoms with E-state index in [1.807, 2.05) is 37.2 Å². The Morgan fingerprint density at radius 3 is 2.57 bits per heavy atom. The first-order chi connectivity index (χ1) is 10.0. The Hall–Kier alpha value is -2.27. The summed E-state index contributed by atoms with van der Waals surface area (Å²) in [6, 6.07) is 12.2. The second-order valence-corrected chi connectivity index (χ2v) is 5.18. The molecule has 0 heterocycles. The molecule has 0 saturated heterocycles. The SMILES string of the molecule is CN(C)c1c(Cl)cccc1NCc1ccccc1[N+](=O)[O-]. The van der Waals surface area contributed by atoms with Crippen molar-refractivity contribution in [2.75, 3.05) is 24.3 Å². The minimum Gasteiger partial charge on any atom is -0.379 e. The summed E-state index contributed by atoms with van der Waals surface area (Å²) in [5.74, 6) is 0. The van der Waals surface area contributed by atoms with Crippen LogP contribution in [0.1, 0.15) is 5.56 Å². The maximum Gasteiger partial charge on any atom is 0.274 e. The first-order valence-corrected chi connectivity index (χ1v) is 6.80. The van der Waals surface area contributed by atoms with Gasteiger partial charge in [-0.15, -0.1) is 0 Å². The van der Waals surface area contributed by atoms with Gasteiger partial charge in [-0.3, -0.25) is 10.1 Å². The van der Waals surface area contributed by atoms with E-state index in [0.29, 0.717) is 17.1 Å². The van der Waals surface area contributed by atoms with Crippen LogP contribution in [0.15, 0.2) is 42.5 Å². The number of nitrogens with one attached hydrogen (secondary N) is 1. The molecule has 110 valence electrons. The molecule has 2 aromatic rings. The molecule has 0 unspecified atom stereocenters. The van der Waals surface area contributed by atoms with E-state index in [1.54, 1.807) is 18.2 Å². The fourth-order valence-corrected chi connectivity index (χ4v) is 2.48. The van der Waals surface area contributed by atoms with Crippen molar-refractivity contribution < 1.29 is 4.92 Å². The number of hydrogen-bond acceptors (Lipinski definition) is 4. The summed E-state index contributed by atoms with van der Waals surface area (Å²) >= 11 is 6.20. The Bertz CT molecular complexity index is 659. The van der Waals surface area contributed by atoms with E-state index in [4.69, 9.17) is 11.6 Å². The Kier molecular flexibility index (Phi) is 4.65. The maximum atomic E-state index is 11.0. The van der Waals surface area contributed by atoms with Crippen LogP contribution in [0.25, 0.3) is 0 Å². The van der Waals surface area contributed by atoms with Gasteiger partial charge in [-0.2, -0.15) is 0 Å². The van der Waals surface area contributed by atoms with Gasteiger partial charge in [0.25, 0.3) is 5.69 Å². The lowest BCUT2D eigenvalue weighted by Gasteiger charge is -2.20. The van der Waals surface area contributed by atoms with E-state index in [1.165, 1.54) is 6.07 Å². The van der Waals surface area contributed by atoms with E-state index >= 15 is 0 Å². The van der Waals surface area contributed by atoms with E-state index in [0.717, 1.165) is 11.4 Å². The number of nitrogens with zero attached hydrogens (tertiary/aromatic N) is 2. The molecule has 0 aliphatic heterocycles. The third kappa shape index (κ3) is 3.44. The summed E-state index contributed by atoms with van der Waals surface area (Å²) in [6.07, 6.45) is 0. The van der Waals surface area contributed by atoms with Gasteiger partial charge in [0.2, 0.25) is 0 Å². The van der Waals surface area contributed by atoms with Crippen LogP contribution in [-0.4, -0.2) is 19.0 Å². The molecule has 0 amide bonds. The molecular formula is C15H16ClN3O2. The summed E-state index contributed by atoms with van der Waals surface area (Å²) in [7, 11) is 3.80. The van der Waals surface area contributed by atoms with Crippen LogP contribution >= 0.6 is 11.6 Å². The third-order valence-corrected chi connectivity index (χ3v) is 3.40. The third-order valence-electron chi connectivity index (χ3n) is 3.09. The zero-order chi connectivity index (χ0) is 15.4. The molecule has 0 aromatic heterocycles. The summed E-state index contributed by atoms with van der Waals surface area (Å²) in [4.78, 5) is 12.5. The molecule has 0 aliphatic carbocycles. The highest BCUT2D eigenvalue weighted by molar-refractivity contribution is 6.34. The van der Waals surface area contributed by atoms with E-state index < -0.39 is 0 Å². The van der Waals surface area contributed by atoms with Gasteiger partial charge in [0.05, 0.1) is 21.3 Å². The van der Waals surface area contributed by atoms with Gasteiger partial charge in [-0.1, -0.05) is 35.9 Å². The van der Waals surface area contributed by atoms with Gasteiger partial charge < -0.3 is 10.2 Å². The first-order valence-electron chi connectivity index (χ1n) is 6.42. The molecule has 0 spiro atoms. The monoisotopic (exact) mass is 305 g/mol. The molecule has 0 radical (unpaired) electrons. The molecule has 0 bridgehead atoms. The molecule has 0 atom stereocenters. The zero-order valence-corrected chi connectivity index (χ0v) is 12.6. The second kappa shape index (κ2) is 6.45. The molecule has 0 fully saturated rings. The van der Waals surface area contributed by atoms with Gasteiger partial charge in [-0.25, -0.2) is 0 Å². The lowest BCUT2D eigenvalue weighted by molar-refractivity contribution is -0.385. The number of halogens is 1. The van der Waals surface area contributed by atoms with Crippen molar-refractivity contribution in [2.24, 2.45) is 0 Å². The quantitative estimate of drug-likeness (QED) is 0.672. The van der Waals surface area contributed by atoms with Crippen molar-refractivity contribution >= 4 is 28.7 Å². The topological polar surface area (TPSA) is 58.4 Å². The number of anilines is 2. The normalized spacial score (nSPS) is 10.2. The molecule has 2 rings (SSSR count). The van der Waals surface area contributed by atoms with Crippen molar-refractivity contribution in [3.05, 3.63) is 63.2 Å². The van der Waals surface area contributed by atoms with Crippen LogP contribution < -0.4 is 10.2 Å². The fourth-order valence-electron chi connectivity index (χ4n) is 2.14. The largest absolute Gasteiger partial charge is 0.379 e. The van der Waals surface area contributed by atoms with Crippen LogP contribution in [0.4, 0.5) is 17.1 Å². The molecular weight excluding hydrogens is 290 g/mol. The number of nitro groups is 1. The van der Waals surface area contributed by atoms with Crippen LogP contribution in [0.3, 0.4) is 0 Å². The number of hydrogen-bond donors (Lipinski definition) is 1. The summed E-state index contributed by atoms with van der Waals surface area (Å²) in [5.41, 5.74) is 2.44. The Morgan fingerprint density at radius 1 is 1.19 bits per heavy atom. The van der Waals surface area contributed by atoms with Crippen molar-refractivity contribution in [3.8, 4) is 0 Å². The average Bonchev–Trinajstić information content (AvgIpc) is 2.44. The fraction of sp³-hybridized carbons (Fsp3) is 0.200. The van der Waals surface area contributed by atoms with Crippen LogP contribution in [0.2, 0.25) is 5.02 Å². The summed E-state index contributed by atoms with van der Waals surface area (Å²) < 4.78 is 0. The predicted molar refractivity (Wildman–Crippen MR) is 86.2 cm³/mol. The maximum absolute atomic E-state index is 11.0. The van der Waals surface area contributed by atoms with Crippen molar-refractivity contribution in [3.63, 3.8) is 0 Å². The highest BCUT2D eigenvalue weighted by atomic mass is 35.5. The van der Waals surface area contributed by atoms with Crippen molar-refractivity contribution in [2.45, 2.75) is 6.54 Å². The molecule has 5 nitrogen and oxygen atoms in total. The minimum absolute atomic E-state index is 0.110. The smallest absolute Gasteiger partial charge is 0.274 e. The van der Waals surface area contributed by atoms with E-state index in [9.17, 15) is 10.1 Å². The Morgan fingerprint density at radius 2 is 1.90 bits per heavy atom. The van der Waals surface area contributed by atoms with Crippen molar-refractivity contribution in [1.29, 1.82) is 0 Å².